The van der Waals surface area contributed by atoms with Crippen LogP contribution in [-0.2, 0) is 14.3 Å². The van der Waals surface area contributed by atoms with Crippen LogP contribution in [0.4, 0.5) is 5.95 Å². The summed E-state index contributed by atoms with van der Waals surface area (Å²) in [5.74, 6) is 0.0196. The predicted octanol–water partition coefficient (Wildman–Crippen LogP) is 1.68. The molecule has 2 heterocycles. The number of aromatic nitrogens is 2. The van der Waals surface area contributed by atoms with Crippen molar-refractivity contribution in [1.82, 2.24) is 9.97 Å². The molecule has 2 rings (SSSR count). The third-order valence-electron chi connectivity index (χ3n) is 2.73. The van der Waals surface area contributed by atoms with Gasteiger partial charge in [0.25, 0.3) is 5.91 Å². The van der Waals surface area contributed by atoms with Crippen molar-refractivity contribution in [2.75, 3.05) is 25.1 Å². The van der Waals surface area contributed by atoms with Gasteiger partial charge in [0, 0.05) is 12.8 Å². The number of nitrogens with zero attached hydrogens (tertiary/aromatic N) is 2. The molecule has 1 N–H and O–H groups in total. The summed E-state index contributed by atoms with van der Waals surface area (Å²) in [4.78, 5) is 19.7. The van der Waals surface area contributed by atoms with Crippen molar-refractivity contribution in [2.45, 2.75) is 25.9 Å². The van der Waals surface area contributed by atoms with Gasteiger partial charge in [-0.3, -0.25) is 10.1 Å². The second kappa shape index (κ2) is 6.93. The molecule has 19 heavy (non-hydrogen) atoms. The van der Waals surface area contributed by atoms with Crippen molar-refractivity contribution < 1.29 is 14.3 Å². The highest BCUT2D eigenvalue weighted by atomic mass is 79.9. The average molecular weight is 330 g/mol. The molecule has 1 amide bonds. The lowest BCUT2D eigenvalue weighted by Crippen LogP contribution is -2.23. The highest BCUT2D eigenvalue weighted by Gasteiger charge is 2.16. The Hall–Kier alpha value is -1.05. The smallest absolute Gasteiger partial charge is 0.252 e. The number of ether oxygens (including phenoxy) is 2. The van der Waals surface area contributed by atoms with Gasteiger partial charge in [0.05, 0.1) is 22.9 Å². The molecule has 0 aliphatic carbocycles. The summed E-state index contributed by atoms with van der Waals surface area (Å²) < 4.78 is 11.5. The number of carbonyl (C=O) groups is 1. The normalized spacial score (nSPS) is 18.5. The topological polar surface area (TPSA) is 73.3 Å². The van der Waals surface area contributed by atoms with Gasteiger partial charge in [0.15, 0.2) is 0 Å². The zero-order chi connectivity index (χ0) is 13.7. The van der Waals surface area contributed by atoms with Crippen LogP contribution in [0.1, 0.15) is 18.5 Å². The monoisotopic (exact) mass is 329 g/mol. The van der Waals surface area contributed by atoms with E-state index in [1.165, 1.54) is 0 Å². The lowest BCUT2D eigenvalue weighted by atomic mass is 10.2. The standard InChI is InChI=1S/C12H16BrN3O3/c1-8-10(13)5-14-12(15-8)16-11(17)7-18-6-9-3-2-4-19-9/h5,9H,2-4,6-7H2,1H3,(H,14,15,16,17). The molecule has 1 aromatic rings. The molecule has 0 radical (unpaired) electrons. The summed E-state index contributed by atoms with van der Waals surface area (Å²) in [5.41, 5.74) is 0.769. The zero-order valence-corrected chi connectivity index (χ0v) is 12.3. The zero-order valence-electron chi connectivity index (χ0n) is 10.7. The minimum atomic E-state index is -0.264. The van der Waals surface area contributed by atoms with Gasteiger partial charge in [-0.2, -0.15) is 0 Å². The Balaban J connectivity index is 1.72. The van der Waals surface area contributed by atoms with Gasteiger partial charge < -0.3 is 9.47 Å². The van der Waals surface area contributed by atoms with E-state index >= 15 is 0 Å². The van der Waals surface area contributed by atoms with E-state index in [2.05, 4.69) is 31.2 Å². The van der Waals surface area contributed by atoms with Crippen molar-refractivity contribution in [3.63, 3.8) is 0 Å². The molecule has 1 saturated heterocycles. The molecule has 0 aromatic carbocycles. The first-order valence-electron chi connectivity index (χ1n) is 6.13. The van der Waals surface area contributed by atoms with E-state index in [1.807, 2.05) is 6.92 Å². The van der Waals surface area contributed by atoms with Crippen LogP contribution in [-0.4, -0.2) is 41.8 Å². The number of nitrogens with one attached hydrogen (secondary N) is 1. The van der Waals surface area contributed by atoms with Crippen molar-refractivity contribution in [2.24, 2.45) is 0 Å². The van der Waals surface area contributed by atoms with Gasteiger partial charge in [-0.1, -0.05) is 0 Å². The molecule has 104 valence electrons. The number of rotatable bonds is 5. The molecule has 0 saturated carbocycles. The Morgan fingerprint density at radius 1 is 1.68 bits per heavy atom. The fourth-order valence-electron chi connectivity index (χ4n) is 1.73. The largest absolute Gasteiger partial charge is 0.376 e. The van der Waals surface area contributed by atoms with Crippen molar-refractivity contribution in [1.29, 1.82) is 0 Å². The maximum Gasteiger partial charge on any atom is 0.252 e. The highest BCUT2D eigenvalue weighted by molar-refractivity contribution is 9.10. The molecule has 1 unspecified atom stereocenters. The Bertz CT molecular complexity index is 450. The maximum atomic E-state index is 11.6. The molecular formula is C12H16BrN3O3. The fourth-order valence-corrected chi connectivity index (χ4v) is 1.92. The van der Waals surface area contributed by atoms with Crippen LogP contribution in [0.15, 0.2) is 10.7 Å². The summed E-state index contributed by atoms with van der Waals surface area (Å²) in [5, 5.41) is 2.59. The molecule has 0 bridgehead atoms. The molecular weight excluding hydrogens is 314 g/mol. The lowest BCUT2D eigenvalue weighted by molar-refractivity contribution is -0.121. The quantitative estimate of drug-likeness (QED) is 0.889. The summed E-state index contributed by atoms with van der Waals surface area (Å²) >= 11 is 3.30. The van der Waals surface area contributed by atoms with Crippen LogP contribution >= 0.6 is 15.9 Å². The summed E-state index contributed by atoms with van der Waals surface area (Å²) in [6, 6.07) is 0. The van der Waals surface area contributed by atoms with E-state index in [4.69, 9.17) is 9.47 Å². The number of carbonyl (C=O) groups excluding carboxylic acids is 1. The number of hydrogen-bond donors (Lipinski definition) is 1. The number of amides is 1. The van der Waals surface area contributed by atoms with E-state index in [9.17, 15) is 4.79 Å². The number of anilines is 1. The lowest BCUT2D eigenvalue weighted by Gasteiger charge is -2.10. The van der Waals surface area contributed by atoms with E-state index in [-0.39, 0.29) is 24.6 Å². The van der Waals surface area contributed by atoms with Crippen LogP contribution in [0.3, 0.4) is 0 Å². The molecule has 6 nitrogen and oxygen atoms in total. The number of halogens is 1. The van der Waals surface area contributed by atoms with Gasteiger partial charge in [0.2, 0.25) is 5.95 Å². The Morgan fingerprint density at radius 3 is 3.21 bits per heavy atom. The average Bonchev–Trinajstić information content (AvgIpc) is 2.87. The van der Waals surface area contributed by atoms with Crippen LogP contribution in [0.25, 0.3) is 0 Å². The minimum Gasteiger partial charge on any atom is -0.376 e. The molecule has 1 fully saturated rings. The van der Waals surface area contributed by atoms with Crippen LogP contribution in [0.2, 0.25) is 0 Å². The van der Waals surface area contributed by atoms with Gasteiger partial charge >= 0.3 is 0 Å². The van der Waals surface area contributed by atoms with Crippen LogP contribution < -0.4 is 5.32 Å². The van der Waals surface area contributed by atoms with Gasteiger partial charge in [0.1, 0.15) is 6.61 Å². The third kappa shape index (κ3) is 4.52. The van der Waals surface area contributed by atoms with Gasteiger partial charge in [-0.15, -0.1) is 0 Å². The van der Waals surface area contributed by atoms with E-state index < -0.39 is 0 Å². The highest BCUT2D eigenvalue weighted by Crippen LogP contribution is 2.13. The van der Waals surface area contributed by atoms with E-state index in [0.29, 0.717) is 6.61 Å². The third-order valence-corrected chi connectivity index (χ3v) is 3.51. The summed E-state index contributed by atoms with van der Waals surface area (Å²) in [6.07, 6.45) is 3.78. The predicted molar refractivity (Wildman–Crippen MR) is 72.9 cm³/mol. The van der Waals surface area contributed by atoms with E-state index in [1.54, 1.807) is 6.20 Å². The number of hydrogen-bond acceptors (Lipinski definition) is 5. The second-order valence-electron chi connectivity index (χ2n) is 4.33. The first-order chi connectivity index (χ1) is 9.15. The first kappa shape index (κ1) is 14.4. The fraction of sp³-hybridized carbons (Fsp3) is 0.583. The Labute approximate surface area is 120 Å². The summed E-state index contributed by atoms with van der Waals surface area (Å²) in [7, 11) is 0. The molecule has 1 aliphatic rings. The molecule has 1 aromatic heterocycles. The van der Waals surface area contributed by atoms with E-state index in [0.717, 1.165) is 29.6 Å². The van der Waals surface area contributed by atoms with Crippen molar-refractivity contribution in [3.05, 3.63) is 16.4 Å². The van der Waals surface area contributed by atoms with Gasteiger partial charge in [-0.25, -0.2) is 9.97 Å². The Morgan fingerprint density at radius 2 is 2.53 bits per heavy atom. The van der Waals surface area contributed by atoms with Crippen LogP contribution in [0.5, 0.6) is 0 Å². The SMILES string of the molecule is Cc1nc(NC(=O)COCC2CCCO2)ncc1Br. The van der Waals surface area contributed by atoms with Crippen molar-refractivity contribution >= 4 is 27.8 Å². The first-order valence-corrected chi connectivity index (χ1v) is 6.93. The maximum absolute atomic E-state index is 11.6. The summed E-state index contributed by atoms with van der Waals surface area (Å²) in [6.45, 7) is 3.05. The van der Waals surface area contributed by atoms with Crippen LogP contribution in [0, 0.1) is 6.92 Å². The Kier molecular flexibility index (Phi) is 5.24. The minimum absolute atomic E-state index is 0.0155. The molecule has 1 aliphatic heterocycles. The van der Waals surface area contributed by atoms with Crippen molar-refractivity contribution in [3.8, 4) is 0 Å². The molecule has 0 spiro atoms. The molecule has 7 heteroatoms. The second-order valence-corrected chi connectivity index (χ2v) is 5.18. The molecule has 1 atom stereocenters. The number of aryl methyl sites for hydroxylation is 1. The van der Waals surface area contributed by atoms with Gasteiger partial charge in [-0.05, 0) is 35.7 Å².